The Labute approximate surface area is 196 Å². The van der Waals surface area contributed by atoms with Crippen LogP contribution in [0.25, 0.3) is 0 Å². The first kappa shape index (κ1) is 28.6. The maximum atomic E-state index is 13.1. The zero-order valence-corrected chi connectivity index (χ0v) is 19.0. The molecule has 5 atom stereocenters. The molecule has 5 unspecified atom stereocenters. The van der Waals surface area contributed by atoms with E-state index in [2.05, 4.69) is 15.6 Å². The molecule has 0 radical (unpaired) electrons. The van der Waals surface area contributed by atoms with Crippen molar-refractivity contribution in [1.29, 1.82) is 0 Å². The highest BCUT2D eigenvalue weighted by Crippen LogP contribution is 2.20. The molecule has 1 heterocycles. The Kier molecular flexibility index (Phi) is 11.2. The highest BCUT2D eigenvalue weighted by Gasteiger charge is 2.40. The molecule has 0 aromatic heterocycles. The minimum absolute atomic E-state index is 0.0996. The van der Waals surface area contributed by atoms with Crippen LogP contribution in [0.5, 0.6) is 0 Å². The van der Waals surface area contributed by atoms with Crippen LogP contribution in [0.1, 0.15) is 39.0 Å². The van der Waals surface area contributed by atoms with Gasteiger partial charge in [-0.05, 0) is 32.6 Å². The zero-order chi connectivity index (χ0) is 26.0. The summed E-state index contributed by atoms with van der Waals surface area (Å²) < 4.78 is 0. The summed E-state index contributed by atoms with van der Waals surface area (Å²) in [5.41, 5.74) is 21.5. The molecule has 1 rings (SSSR count). The molecule has 0 spiro atoms. The maximum Gasteiger partial charge on any atom is 0.328 e. The van der Waals surface area contributed by atoms with Crippen LogP contribution in [0, 0.1) is 0 Å². The van der Waals surface area contributed by atoms with Gasteiger partial charge in [-0.15, -0.1) is 0 Å². The summed E-state index contributed by atoms with van der Waals surface area (Å²) in [6, 6.07) is -5.00. The number of hydrogen-bond acceptors (Lipinski definition) is 8. The number of hydrogen-bond donors (Lipinski definition) is 8. The predicted octanol–water partition coefficient (Wildman–Crippen LogP) is -4.33. The Hall–Kier alpha value is -3.46. The summed E-state index contributed by atoms with van der Waals surface area (Å²) in [7, 11) is 0. The quantitative estimate of drug-likeness (QED) is 0.0704. The SMILES string of the molecule is CC(O)C(NC(=O)C1CCCN1C(=O)C(CC(N)=O)NC(=O)C(N)CCCN=C(N)N)C(=O)O. The second-order valence-corrected chi connectivity index (χ2v) is 8.04. The molecule has 0 bridgehead atoms. The first-order valence-corrected chi connectivity index (χ1v) is 10.8. The standard InChI is InChI=1S/C19H34N8O7/c1-9(28)14(18(33)34)26-16(31)12-5-3-7-27(12)17(32)11(8-13(21)29)25-15(30)10(20)4-2-6-24-19(22)23/h9-12,14,28H,2-8,20H2,1H3,(H2,21,29)(H,25,30)(H,26,31)(H,33,34)(H4,22,23,24). The molecular weight excluding hydrogens is 452 g/mol. The molecule has 0 saturated carbocycles. The second kappa shape index (κ2) is 13.3. The van der Waals surface area contributed by atoms with Gasteiger partial charge in [0.1, 0.15) is 12.1 Å². The van der Waals surface area contributed by atoms with Crippen LogP contribution in [-0.2, 0) is 24.0 Å². The minimum atomic E-state index is -1.57. The lowest BCUT2D eigenvalue weighted by Crippen LogP contribution is -2.58. The van der Waals surface area contributed by atoms with E-state index >= 15 is 0 Å². The molecule has 1 fully saturated rings. The van der Waals surface area contributed by atoms with Crippen molar-refractivity contribution in [3.8, 4) is 0 Å². The Balaban J connectivity index is 2.88. The van der Waals surface area contributed by atoms with Gasteiger partial charge in [0.2, 0.25) is 23.6 Å². The summed E-state index contributed by atoms with van der Waals surface area (Å²) in [6.07, 6.45) is -0.652. The fourth-order valence-electron chi connectivity index (χ4n) is 3.47. The van der Waals surface area contributed by atoms with Gasteiger partial charge in [0.15, 0.2) is 12.0 Å². The van der Waals surface area contributed by atoms with Gasteiger partial charge in [0.05, 0.1) is 18.6 Å². The van der Waals surface area contributed by atoms with E-state index in [1.807, 2.05) is 0 Å². The van der Waals surface area contributed by atoms with Crippen molar-refractivity contribution in [3.63, 3.8) is 0 Å². The molecule has 0 aromatic carbocycles. The van der Waals surface area contributed by atoms with Crippen molar-refractivity contribution in [2.24, 2.45) is 27.9 Å². The summed E-state index contributed by atoms with van der Waals surface area (Å²) in [5, 5.41) is 23.4. The number of amides is 4. The molecule has 1 aliphatic rings. The number of carbonyl (C=O) groups excluding carboxylic acids is 4. The van der Waals surface area contributed by atoms with Crippen LogP contribution in [0.3, 0.4) is 0 Å². The van der Waals surface area contributed by atoms with Gasteiger partial charge in [-0.3, -0.25) is 24.2 Å². The number of nitrogens with one attached hydrogen (secondary N) is 2. The predicted molar refractivity (Wildman–Crippen MR) is 120 cm³/mol. The monoisotopic (exact) mass is 486 g/mol. The molecule has 15 heteroatoms. The van der Waals surface area contributed by atoms with Crippen LogP contribution < -0.4 is 33.6 Å². The zero-order valence-electron chi connectivity index (χ0n) is 19.0. The van der Waals surface area contributed by atoms with Gasteiger partial charge in [-0.1, -0.05) is 0 Å². The van der Waals surface area contributed by atoms with Crippen molar-refractivity contribution < 1.29 is 34.2 Å². The Morgan fingerprint density at radius 1 is 1.15 bits per heavy atom. The molecule has 12 N–H and O–H groups in total. The first-order valence-electron chi connectivity index (χ1n) is 10.8. The number of primary amides is 1. The lowest BCUT2D eigenvalue weighted by Gasteiger charge is -2.29. The van der Waals surface area contributed by atoms with Crippen LogP contribution in [0.15, 0.2) is 4.99 Å². The van der Waals surface area contributed by atoms with E-state index in [1.54, 1.807) is 0 Å². The van der Waals surface area contributed by atoms with Crippen molar-refractivity contribution in [3.05, 3.63) is 0 Å². The Morgan fingerprint density at radius 3 is 2.32 bits per heavy atom. The molecule has 15 nitrogen and oxygen atoms in total. The summed E-state index contributed by atoms with van der Waals surface area (Å²) >= 11 is 0. The number of aliphatic hydroxyl groups is 1. The molecular formula is C19H34N8O7. The van der Waals surface area contributed by atoms with Gasteiger partial charge in [-0.2, -0.15) is 0 Å². The third-order valence-corrected chi connectivity index (χ3v) is 5.21. The van der Waals surface area contributed by atoms with Gasteiger partial charge < -0.3 is 48.7 Å². The van der Waals surface area contributed by atoms with E-state index in [-0.39, 0.29) is 31.9 Å². The molecule has 0 aromatic rings. The third kappa shape index (κ3) is 8.82. The molecule has 0 aliphatic carbocycles. The molecule has 4 amide bonds. The number of nitrogens with zero attached hydrogens (tertiary/aromatic N) is 2. The lowest BCUT2D eigenvalue weighted by molar-refractivity contribution is -0.147. The van der Waals surface area contributed by atoms with E-state index in [0.717, 1.165) is 4.90 Å². The average molecular weight is 487 g/mol. The maximum absolute atomic E-state index is 13.1. The first-order chi connectivity index (χ1) is 15.8. The van der Waals surface area contributed by atoms with Crippen molar-refractivity contribution in [2.75, 3.05) is 13.1 Å². The van der Waals surface area contributed by atoms with Crippen LogP contribution in [0.4, 0.5) is 0 Å². The van der Waals surface area contributed by atoms with Crippen molar-refractivity contribution >= 4 is 35.6 Å². The van der Waals surface area contributed by atoms with E-state index < -0.39 is 66.3 Å². The van der Waals surface area contributed by atoms with E-state index in [4.69, 9.17) is 28.0 Å². The Bertz CT molecular complexity index is 800. The number of guanidine groups is 1. The largest absolute Gasteiger partial charge is 0.480 e. The van der Waals surface area contributed by atoms with Crippen molar-refractivity contribution in [2.45, 2.75) is 69.3 Å². The fourth-order valence-corrected chi connectivity index (χ4v) is 3.47. The topological polar surface area (TPSA) is 270 Å². The molecule has 1 aliphatic heterocycles. The van der Waals surface area contributed by atoms with Crippen LogP contribution >= 0.6 is 0 Å². The number of aliphatic imine (C=N–C) groups is 1. The summed E-state index contributed by atoms with van der Waals surface area (Å²) in [5.74, 6) is -4.62. The van der Waals surface area contributed by atoms with Crippen LogP contribution in [-0.4, -0.2) is 94.0 Å². The number of likely N-dealkylation sites (tertiary alicyclic amines) is 1. The summed E-state index contributed by atoms with van der Waals surface area (Å²) in [4.78, 5) is 65.9. The fraction of sp³-hybridized carbons (Fsp3) is 0.684. The van der Waals surface area contributed by atoms with Gasteiger partial charge in [0, 0.05) is 13.1 Å². The van der Waals surface area contributed by atoms with Gasteiger partial charge in [-0.25, -0.2) is 4.79 Å². The average Bonchev–Trinajstić information content (AvgIpc) is 3.22. The van der Waals surface area contributed by atoms with Crippen molar-refractivity contribution in [1.82, 2.24) is 15.5 Å². The molecule has 1 saturated heterocycles. The summed E-state index contributed by atoms with van der Waals surface area (Å²) in [6.45, 7) is 1.59. The number of carboxylic acids is 1. The third-order valence-electron chi connectivity index (χ3n) is 5.21. The smallest absolute Gasteiger partial charge is 0.328 e. The number of aliphatic hydroxyl groups excluding tert-OH is 1. The highest BCUT2D eigenvalue weighted by atomic mass is 16.4. The van der Waals surface area contributed by atoms with Crippen LogP contribution in [0.2, 0.25) is 0 Å². The number of carbonyl (C=O) groups is 5. The van der Waals surface area contributed by atoms with E-state index in [9.17, 15) is 29.1 Å². The van der Waals surface area contributed by atoms with E-state index in [0.29, 0.717) is 12.8 Å². The number of rotatable bonds is 13. The second-order valence-electron chi connectivity index (χ2n) is 8.04. The number of nitrogens with two attached hydrogens (primary N) is 4. The lowest BCUT2D eigenvalue weighted by atomic mass is 10.1. The molecule has 192 valence electrons. The highest BCUT2D eigenvalue weighted by molar-refractivity contribution is 5.96. The van der Waals surface area contributed by atoms with E-state index in [1.165, 1.54) is 6.92 Å². The van der Waals surface area contributed by atoms with Gasteiger partial charge >= 0.3 is 5.97 Å². The minimum Gasteiger partial charge on any atom is -0.480 e. The van der Waals surface area contributed by atoms with Gasteiger partial charge in [0.25, 0.3) is 0 Å². The number of aliphatic carboxylic acids is 1. The normalized spacial score (nSPS) is 18.8. The Morgan fingerprint density at radius 2 is 1.79 bits per heavy atom. The molecule has 34 heavy (non-hydrogen) atoms. The number of carboxylic acid groups (broad SMARTS) is 1.